The van der Waals surface area contributed by atoms with Gasteiger partial charge in [0.1, 0.15) is 11.1 Å². The molecular formula is C32H26N2O2. The first-order valence-electron chi connectivity index (χ1n) is 13.4. The van der Waals surface area contributed by atoms with E-state index in [9.17, 15) is 0 Å². The van der Waals surface area contributed by atoms with Gasteiger partial charge in [-0.2, -0.15) is 0 Å². The summed E-state index contributed by atoms with van der Waals surface area (Å²) in [5.74, 6) is 0.231. The highest BCUT2D eigenvalue weighted by Crippen LogP contribution is 2.66. The number of fused-ring (bicyclic) bond motifs is 8. The normalized spacial score (nSPS) is 32.4. The molecule has 4 aromatic rings. The number of benzene rings is 4. The second kappa shape index (κ2) is 6.31. The first-order chi connectivity index (χ1) is 17.7. The summed E-state index contributed by atoms with van der Waals surface area (Å²) >= 11 is 0. The van der Waals surface area contributed by atoms with Gasteiger partial charge in [0.05, 0.1) is 0 Å². The Kier molecular flexibility index (Phi) is 3.47. The van der Waals surface area contributed by atoms with E-state index in [0.717, 1.165) is 82.6 Å². The molecule has 4 aromatic carbocycles. The topological polar surface area (TPSA) is 40.6 Å². The number of piperazine rings is 1. The number of rotatable bonds is 0. The van der Waals surface area contributed by atoms with E-state index in [1.807, 2.05) is 24.3 Å². The summed E-state index contributed by atoms with van der Waals surface area (Å²) in [6.07, 6.45) is 4.31. The zero-order valence-corrected chi connectivity index (χ0v) is 20.0. The van der Waals surface area contributed by atoms with Crippen molar-refractivity contribution in [2.45, 2.75) is 48.8 Å². The quantitative estimate of drug-likeness (QED) is 0.344. The maximum Gasteiger partial charge on any atom is 0.191 e. The lowest BCUT2D eigenvalue weighted by Crippen LogP contribution is -2.78. The molecule has 0 amide bonds. The van der Waals surface area contributed by atoms with Gasteiger partial charge in [0.2, 0.25) is 0 Å². The highest BCUT2D eigenvalue weighted by atomic mass is 16.1. The van der Waals surface area contributed by atoms with E-state index in [1.165, 1.54) is 0 Å². The minimum Gasteiger partial charge on any atom is -0.292 e. The van der Waals surface area contributed by atoms with Gasteiger partial charge in [0, 0.05) is 23.2 Å². The molecule has 176 valence electrons. The zero-order valence-electron chi connectivity index (χ0n) is 20.0. The van der Waals surface area contributed by atoms with Crippen molar-refractivity contribution in [3.8, 4) is 0 Å². The van der Waals surface area contributed by atoms with Crippen LogP contribution in [0.5, 0.6) is 0 Å². The maximum absolute atomic E-state index is 15.1. The Bertz CT molecular complexity index is 1550. The van der Waals surface area contributed by atoms with E-state index in [0.29, 0.717) is 12.1 Å². The lowest BCUT2D eigenvalue weighted by molar-refractivity contribution is -0.113. The van der Waals surface area contributed by atoms with Crippen molar-refractivity contribution in [2.75, 3.05) is 13.1 Å². The van der Waals surface area contributed by atoms with Crippen LogP contribution < -0.4 is 0 Å². The van der Waals surface area contributed by atoms with Gasteiger partial charge in [0.15, 0.2) is 11.6 Å². The van der Waals surface area contributed by atoms with E-state index < -0.39 is 11.1 Å². The average molecular weight is 471 g/mol. The van der Waals surface area contributed by atoms with Crippen molar-refractivity contribution in [3.05, 3.63) is 95.1 Å². The van der Waals surface area contributed by atoms with Gasteiger partial charge in [-0.05, 0) is 71.4 Å². The molecule has 2 aliphatic carbocycles. The van der Waals surface area contributed by atoms with Crippen LogP contribution in [0.1, 0.15) is 57.5 Å². The summed E-state index contributed by atoms with van der Waals surface area (Å²) in [5, 5.41) is 4.27. The Morgan fingerprint density at radius 3 is 1.44 bits per heavy atom. The zero-order chi connectivity index (χ0) is 23.8. The van der Waals surface area contributed by atoms with E-state index in [1.54, 1.807) is 0 Å². The average Bonchev–Trinajstić information content (AvgIpc) is 3.68. The van der Waals surface area contributed by atoms with Crippen LogP contribution in [0.3, 0.4) is 0 Å². The van der Waals surface area contributed by atoms with Gasteiger partial charge in [-0.15, -0.1) is 0 Å². The molecule has 9 rings (SSSR count). The van der Waals surface area contributed by atoms with Crippen LogP contribution in [0.2, 0.25) is 0 Å². The lowest BCUT2D eigenvalue weighted by atomic mass is 9.62. The third-order valence-corrected chi connectivity index (χ3v) is 10.2. The summed E-state index contributed by atoms with van der Waals surface area (Å²) in [4.78, 5) is 35.3. The Morgan fingerprint density at radius 2 is 1.00 bits per heavy atom. The summed E-state index contributed by atoms with van der Waals surface area (Å²) in [7, 11) is 0. The van der Waals surface area contributed by atoms with Crippen LogP contribution in [0.25, 0.3) is 21.5 Å². The molecule has 0 bridgehead atoms. The smallest absolute Gasteiger partial charge is 0.191 e. The number of nitrogens with zero attached hydrogens (tertiary/aromatic N) is 2. The van der Waals surface area contributed by atoms with E-state index >= 15 is 9.59 Å². The predicted octanol–water partition coefficient (Wildman–Crippen LogP) is 5.42. The van der Waals surface area contributed by atoms with Gasteiger partial charge in [0.25, 0.3) is 0 Å². The molecule has 0 saturated carbocycles. The first-order valence-corrected chi connectivity index (χ1v) is 13.4. The highest BCUT2D eigenvalue weighted by Gasteiger charge is 2.77. The van der Waals surface area contributed by atoms with Crippen LogP contribution in [-0.4, -0.2) is 46.5 Å². The van der Waals surface area contributed by atoms with E-state index in [2.05, 4.69) is 58.3 Å². The molecule has 36 heavy (non-hydrogen) atoms. The van der Waals surface area contributed by atoms with Crippen molar-refractivity contribution in [3.63, 3.8) is 0 Å². The molecule has 3 saturated heterocycles. The number of hydrogen-bond donors (Lipinski definition) is 0. The monoisotopic (exact) mass is 470 g/mol. The molecule has 4 nitrogen and oxygen atoms in total. The molecule has 4 heteroatoms. The Hall–Kier alpha value is -3.34. The molecule has 5 aliphatic rings. The molecule has 3 heterocycles. The number of Topliss-reactive ketones (excluding diaryl/α,β-unsaturated/α-hetero) is 2. The van der Waals surface area contributed by atoms with Crippen molar-refractivity contribution in [1.82, 2.24) is 9.80 Å². The van der Waals surface area contributed by atoms with Crippen molar-refractivity contribution in [2.24, 2.45) is 0 Å². The molecule has 0 N–H and O–H groups in total. The standard InChI is InChI=1S/C32H26N2O2/c35-29-21-11-1-7-19-9-3-13-23(27(19)21)31(29)32(34-18-6-16-26(34)25-15-5-17-33(25)31)24-14-4-10-20-8-2-12-22(28(20)24)30(32)36/h1-4,7-14,25-26H,5-6,15-18H2/t25-,26-,31-,32-/m0/s1. The lowest BCUT2D eigenvalue weighted by Gasteiger charge is -2.62. The summed E-state index contributed by atoms with van der Waals surface area (Å²) in [5.41, 5.74) is 1.53. The second-order valence-electron chi connectivity index (χ2n) is 11.3. The van der Waals surface area contributed by atoms with Gasteiger partial charge >= 0.3 is 0 Å². The van der Waals surface area contributed by atoms with Crippen LogP contribution in [0, 0.1) is 0 Å². The minimum atomic E-state index is -1.05. The van der Waals surface area contributed by atoms with Crippen LogP contribution >= 0.6 is 0 Å². The summed E-state index contributed by atoms with van der Waals surface area (Å²) in [6.45, 7) is 1.71. The number of carbonyl (C=O) groups is 2. The molecule has 4 atom stereocenters. The first kappa shape index (κ1) is 19.8. The van der Waals surface area contributed by atoms with E-state index in [-0.39, 0.29) is 11.6 Å². The Morgan fingerprint density at radius 1 is 0.583 bits per heavy atom. The van der Waals surface area contributed by atoms with Crippen molar-refractivity contribution < 1.29 is 9.59 Å². The van der Waals surface area contributed by atoms with Gasteiger partial charge in [-0.3, -0.25) is 19.4 Å². The molecule has 0 aromatic heterocycles. The third kappa shape index (κ3) is 1.82. The molecule has 0 radical (unpaired) electrons. The number of hydrogen-bond acceptors (Lipinski definition) is 4. The van der Waals surface area contributed by atoms with Gasteiger partial charge in [-0.1, -0.05) is 72.8 Å². The predicted molar refractivity (Wildman–Crippen MR) is 139 cm³/mol. The van der Waals surface area contributed by atoms with E-state index in [4.69, 9.17) is 0 Å². The second-order valence-corrected chi connectivity index (χ2v) is 11.3. The van der Waals surface area contributed by atoms with Crippen molar-refractivity contribution >= 4 is 33.1 Å². The molecule has 3 aliphatic heterocycles. The maximum atomic E-state index is 15.1. The highest BCUT2D eigenvalue weighted by molar-refractivity contribution is 6.28. The molecule has 2 spiro atoms. The van der Waals surface area contributed by atoms with Crippen LogP contribution in [0.15, 0.2) is 72.8 Å². The summed E-state index contributed by atoms with van der Waals surface area (Å²) < 4.78 is 0. The summed E-state index contributed by atoms with van der Waals surface area (Å²) in [6, 6.07) is 25.5. The number of ketones is 2. The number of carbonyl (C=O) groups excluding carboxylic acids is 2. The largest absolute Gasteiger partial charge is 0.292 e. The van der Waals surface area contributed by atoms with Gasteiger partial charge < -0.3 is 0 Å². The Labute approximate surface area is 209 Å². The van der Waals surface area contributed by atoms with Crippen LogP contribution in [0.4, 0.5) is 0 Å². The Balaban J connectivity index is 1.50. The van der Waals surface area contributed by atoms with Crippen LogP contribution in [-0.2, 0) is 11.1 Å². The molecule has 3 fully saturated rings. The minimum absolute atomic E-state index is 0.115. The van der Waals surface area contributed by atoms with Gasteiger partial charge in [-0.25, -0.2) is 0 Å². The molecular weight excluding hydrogens is 444 g/mol. The SMILES string of the molecule is O=C1c2cccc3cccc(c23)[C@]12N1CCC[C@H]1[C@@H]1CCCN1[C@@]21C(=O)c2cccc3cccc1c23. The fourth-order valence-corrected chi connectivity index (χ4v) is 9.22. The fourth-order valence-electron chi connectivity index (χ4n) is 9.22. The van der Waals surface area contributed by atoms with Crippen molar-refractivity contribution in [1.29, 1.82) is 0 Å². The fraction of sp³-hybridized carbons (Fsp3) is 0.312. The molecule has 0 unspecified atom stereocenters. The third-order valence-electron chi connectivity index (χ3n) is 10.2.